The molecule has 3 aromatic rings. The van der Waals surface area contributed by atoms with Gasteiger partial charge >= 0.3 is 0 Å². The van der Waals surface area contributed by atoms with Crippen molar-refractivity contribution in [3.63, 3.8) is 0 Å². The first-order valence-electron chi connectivity index (χ1n) is 6.74. The van der Waals surface area contributed by atoms with Crippen LogP contribution in [0.25, 0.3) is 5.65 Å². The molecule has 3 heterocycles. The molecule has 3 aromatic heterocycles. The number of rotatable bonds is 3. The molecule has 8 nitrogen and oxygen atoms in total. The van der Waals surface area contributed by atoms with E-state index in [2.05, 4.69) is 19.9 Å². The zero-order valence-corrected chi connectivity index (χ0v) is 14.6. The SMILES string of the molecule is Cc1nn(C)c(C)c1NS(=O)(=O)c1cnc2c(Cl)c(C)nn2c1. The van der Waals surface area contributed by atoms with Crippen molar-refractivity contribution < 1.29 is 8.42 Å². The van der Waals surface area contributed by atoms with Crippen molar-refractivity contribution in [3.8, 4) is 0 Å². The van der Waals surface area contributed by atoms with E-state index >= 15 is 0 Å². The number of anilines is 1. The van der Waals surface area contributed by atoms with E-state index in [4.69, 9.17) is 11.6 Å². The van der Waals surface area contributed by atoms with Crippen LogP contribution in [0.2, 0.25) is 5.02 Å². The molecule has 0 amide bonds. The molecule has 23 heavy (non-hydrogen) atoms. The minimum absolute atomic E-state index is 0.00757. The second kappa shape index (κ2) is 5.20. The third-order valence-electron chi connectivity index (χ3n) is 3.61. The topological polar surface area (TPSA) is 94.2 Å². The molecule has 0 saturated heterocycles. The van der Waals surface area contributed by atoms with E-state index in [9.17, 15) is 8.42 Å². The zero-order chi connectivity index (χ0) is 16.9. The number of sulfonamides is 1. The summed E-state index contributed by atoms with van der Waals surface area (Å²) in [6.45, 7) is 5.25. The number of aryl methyl sites for hydroxylation is 3. The molecule has 10 heteroatoms. The molecule has 0 bridgehead atoms. The van der Waals surface area contributed by atoms with Gasteiger partial charge in [-0.1, -0.05) is 11.6 Å². The highest BCUT2D eigenvalue weighted by Gasteiger charge is 2.21. The number of fused-ring (bicyclic) bond motifs is 1. The van der Waals surface area contributed by atoms with Crippen LogP contribution >= 0.6 is 11.6 Å². The van der Waals surface area contributed by atoms with Crippen molar-refractivity contribution in [1.82, 2.24) is 24.4 Å². The number of nitrogens with one attached hydrogen (secondary N) is 1. The van der Waals surface area contributed by atoms with Gasteiger partial charge in [-0.3, -0.25) is 9.40 Å². The van der Waals surface area contributed by atoms with Crippen molar-refractivity contribution in [1.29, 1.82) is 0 Å². The molecule has 1 N–H and O–H groups in total. The van der Waals surface area contributed by atoms with Gasteiger partial charge in [0.1, 0.15) is 9.92 Å². The first-order chi connectivity index (χ1) is 10.7. The van der Waals surface area contributed by atoms with Gasteiger partial charge in [-0.2, -0.15) is 10.2 Å². The Morgan fingerprint density at radius 3 is 2.48 bits per heavy atom. The Balaban J connectivity index is 2.06. The molecular weight excluding hydrogens is 340 g/mol. The first-order valence-corrected chi connectivity index (χ1v) is 8.60. The minimum atomic E-state index is -3.81. The first kappa shape index (κ1) is 15.8. The smallest absolute Gasteiger partial charge is 0.265 e. The molecule has 122 valence electrons. The van der Waals surface area contributed by atoms with E-state index < -0.39 is 10.0 Å². The van der Waals surface area contributed by atoms with Crippen LogP contribution in [0.15, 0.2) is 17.3 Å². The predicted molar refractivity (Wildman–Crippen MR) is 86.2 cm³/mol. The highest BCUT2D eigenvalue weighted by atomic mass is 35.5. The van der Waals surface area contributed by atoms with Crippen molar-refractivity contribution >= 4 is 33.0 Å². The van der Waals surface area contributed by atoms with Gasteiger partial charge in [0.25, 0.3) is 10.0 Å². The third-order valence-corrected chi connectivity index (χ3v) is 5.35. The normalized spacial score (nSPS) is 12.0. The van der Waals surface area contributed by atoms with E-state index in [-0.39, 0.29) is 4.90 Å². The summed E-state index contributed by atoms with van der Waals surface area (Å²) >= 11 is 6.06. The molecule has 0 radical (unpaired) electrons. The number of halogens is 1. The van der Waals surface area contributed by atoms with Gasteiger partial charge < -0.3 is 0 Å². The van der Waals surface area contributed by atoms with Crippen molar-refractivity contribution in [2.75, 3.05) is 4.72 Å². The number of hydrogen-bond donors (Lipinski definition) is 1. The van der Waals surface area contributed by atoms with Crippen LogP contribution in [0, 0.1) is 20.8 Å². The standard InChI is InChI=1S/C13H15ClN6O2S/c1-7-11(14)13-15-5-10(6-20(13)17-7)23(21,22)18-12-8(2)16-19(4)9(12)3/h5-6,18H,1-4H3. The van der Waals surface area contributed by atoms with Gasteiger partial charge in [0.2, 0.25) is 0 Å². The van der Waals surface area contributed by atoms with Crippen LogP contribution in [0.4, 0.5) is 5.69 Å². The van der Waals surface area contributed by atoms with Gasteiger partial charge in [-0.05, 0) is 20.8 Å². The molecule has 3 rings (SSSR count). The summed E-state index contributed by atoms with van der Waals surface area (Å²) in [5, 5.41) is 8.74. The van der Waals surface area contributed by atoms with Gasteiger partial charge in [0, 0.05) is 7.05 Å². The summed E-state index contributed by atoms with van der Waals surface area (Å²) in [5.74, 6) is 0. The summed E-state index contributed by atoms with van der Waals surface area (Å²) < 4.78 is 30.7. The molecular formula is C13H15ClN6O2S. The molecule has 0 spiro atoms. The molecule has 0 aromatic carbocycles. The fourth-order valence-corrected chi connectivity index (χ4v) is 3.54. The summed E-state index contributed by atoms with van der Waals surface area (Å²) in [6.07, 6.45) is 2.64. The Labute approximate surface area is 138 Å². The summed E-state index contributed by atoms with van der Waals surface area (Å²) in [5.41, 5.74) is 2.78. The lowest BCUT2D eigenvalue weighted by molar-refractivity contribution is 0.599. The Kier molecular flexibility index (Phi) is 3.56. The minimum Gasteiger partial charge on any atom is -0.276 e. The molecule has 0 unspecified atom stereocenters. The van der Waals surface area contributed by atoms with Crippen LogP contribution < -0.4 is 4.72 Å². The predicted octanol–water partition coefficient (Wildman–Crippen LogP) is 1.84. The monoisotopic (exact) mass is 354 g/mol. The zero-order valence-electron chi connectivity index (χ0n) is 13.0. The van der Waals surface area contributed by atoms with Crippen LogP contribution in [0.5, 0.6) is 0 Å². The summed E-state index contributed by atoms with van der Waals surface area (Å²) in [6, 6.07) is 0. The van der Waals surface area contributed by atoms with Crippen molar-refractivity contribution in [3.05, 3.63) is 34.5 Å². The Bertz CT molecular complexity index is 1020. The largest absolute Gasteiger partial charge is 0.276 e. The van der Waals surface area contributed by atoms with Crippen molar-refractivity contribution in [2.45, 2.75) is 25.7 Å². The van der Waals surface area contributed by atoms with Gasteiger partial charge in [0.15, 0.2) is 5.65 Å². The lowest BCUT2D eigenvalue weighted by atomic mass is 10.3. The average Bonchev–Trinajstić information content (AvgIpc) is 2.90. The Morgan fingerprint density at radius 1 is 1.17 bits per heavy atom. The molecule has 0 aliphatic heterocycles. The quantitative estimate of drug-likeness (QED) is 0.774. The lowest BCUT2D eigenvalue weighted by Crippen LogP contribution is -2.15. The maximum absolute atomic E-state index is 12.6. The van der Waals surface area contributed by atoms with Crippen LogP contribution in [-0.4, -0.2) is 32.8 Å². The van der Waals surface area contributed by atoms with Gasteiger partial charge in [-0.15, -0.1) is 0 Å². The lowest BCUT2D eigenvalue weighted by Gasteiger charge is -2.08. The van der Waals surface area contributed by atoms with Crippen LogP contribution in [0.1, 0.15) is 17.1 Å². The fourth-order valence-electron chi connectivity index (χ4n) is 2.25. The number of nitrogens with zero attached hydrogens (tertiary/aromatic N) is 5. The molecule has 0 fully saturated rings. The molecule has 0 saturated carbocycles. The average molecular weight is 355 g/mol. The second-order valence-electron chi connectivity index (χ2n) is 5.23. The third kappa shape index (κ3) is 2.55. The number of hydrogen-bond acceptors (Lipinski definition) is 5. The number of aromatic nitrogens is 5. The van der Waals surface area contributed by atoms with E-state index in [1.807, 2.05) is 0 Å². The maximum atomic E-state index is 12.6. The Hall–Kier alpha value is -2.13. The summed E-state index contributed by atoms with van der Waals surface area (Å²) in [7, 11) is -2.06. The fraction of sp³-hybridized carbons (Fsp3) is 0.308. The summed E-state index contributed by atoms with van der Waals surface area (Å²) in [4.78, 5) is 4.08. The van der Waals surface area contributed by atoms with E-state index in [0.717, 1.165) is 5.69 Å². The maximum Gasteiger partial charge on any atom is 0.265 e. The molecule has 0 aliphatic rings. The molecule has 0 aliphatic carbocycles. The van der Waals surface area contributed by atoms with E-state index in [0.29, 0.717) is 27.7 Å². The van der Waals surface area contributed by atoms with Crippen LogP contribution in [0.3, 0.4) is 0 Å². The highest BCUT2D eigenvalue weighted by molar-refractivity contribution is 7.92. The van der Waals surface area contributed by atoms with Crippen molar-refractivity contribution in [2.24, 2.45) is 7.05 Å². The Morgan fingerprint density at radius 2 is 1.87 bits per heavy atom. The molecule has 0 atom stereocenters. The van der Waals surface area contributed by atoms with E-state index in [1.54, 1.807) is 32.5 Å². The second-order valence-corrected chi connectivity index (χ2v) is 7.29. The van der Waals surface area contributed by atoms with Crippen LogP contribution in [-0.2, 0) is 17.1 Å². The van der Waals surface area contributed by atoms with Gasteiger partial charge in [0.05, 0.1) is 35.2 Å². The highest BCUT2D eigenvalue weighted by Crippen LogP contribution is 2.24. The van der Waals surface area contributed by atoms with Gasteiger partial charge in [-0.25, -0.2) is 17.9 Å². The van der Waals surface area contributed by atoms with E-state index in [1.165, 1.54) is 16.9 Å².